The summed E-state index contributed by atoms with van der Waals surface area (Å²) < 4.78 is 0. The molecule has 0 amide bonds. The largest absolute Gasteiger partial charge is 0.358 e. The average Bonchev–Trinajstić information content (AvgIpc) is 2.25. The van der Waals surface area contributed by atoms with Crippen molar-refractivity contribution in [3.05, 3.63) is 22.3 Å². The van der Waals surface area contributed by atoms with Crippen LogP contribution in [0.15, 0.2) is 12.3 Å². The Hall–Kier alpha value is -0.510. The minimum absolute atomic E-state index is 0.198. The van der Waals surface area contributed by atoms with Gasteiger partial charge < -0.3 is 10.6 Å². The van der Waals surface area contributed by atoms with Crippen molar-refractivity contribution in [2.45, 2.75) is 26.3 Å². The van der Waals surface area contributed by atoms with Crippen LogP contribution in [0.25, 0.3) is 0 Å². The number of halogens is 2. The van der Waals surface area contributed by atoms with Crippen LogP contribution in [0.1, 0.15) is 20.3 Å². The van der Waals surface area contributed by atoms with Gasteiger partial charge in [0, 0.05) is 25.8 Å². The molecule has 2 N–H and O–H groups in total. The quantitative estimate of drug-likeness (QED) is 0.898. The molecule has 0 saturated carbocycles. The number of anilines is 1. The van der Waals surface area contributed by atoms with E-state index in [9.17, 15) is 0 Å². The van der Waals surface area contributed by atoms with Gasteiger partial charge in [0.2, 0.25) is 0 Å². The summed E-state index contributed by atoms with van der Waals surface area (Å²) in [6, 6.07) is 1.90. The van der Waals surface area contributed by atoms with Crippen molar-refractivity contribution < 1.29 is 0 Å². The van der Waals surface area contributed by atoms with Crippen LogP contribution < -0.4 is 10.6 Å². The zero-order valence-electron chi connectivity index (χ0n) is 10.5. The van der Waals surface area contributed by atoms with E-state index in [2.05, 4.69) is 18.8 Å². The zero-order valence-corrected chi connectivity index (χ0v) is 12.0. The predicted octanol–water partition coefficient (Wildman–Crippen LogP) is 3.20. The molecule has 0 spiro atoms. The van der Waals surface area contributed by atoms with E-state index >= 15 is 0 Å². The van der Waals surface area contributed by atoms with Gasteiger partial charge in [0.15, 0.2) is 0 Å². The first-order valence-electron chi connectivity index (χ1n) is 5.69. The van der Waals surface area contributed by atoms with E-state index in [1.54, 1.807) is 12.3 Å². The smallest absolute Gasteiger partial charge is 0.147 e. The van der Waals surface area contributed by atoms with E-state index in [0.29, 0.717) is 16.0 Å². The van der Waals surface area contributed by atoms with Gasteiger partial charge in [0.1, 0.15) is 5.82 Å². The number of hydrogen-bond donors (Lipinski definition) is 1. The molecule has 3 nitrogen and oxygen atoms in total. The summed E-state index contributed by atoms with van der Waals surface area (Å²) in [5, 5.41) is 1.11. The van der Waals surface area contributed by atoms with Gasteiger partial charge in [0.05, 0.1) is 10.0 Å². The molecule has 1 aromatic rings. The van der Waals surface area contributed by atoms with Crippen LogP contribution in [0.2, 0.25) is 10.0 Å². The first-order chi connectivity index (χ1) is 7.91. The van der Waals surface area contributed by atoms with Crippen molar-refractivity contribution in [3.8, 4) is 0 Å². The highest BCUT2D eigenvalue weighted by molar-refractivity contribution is 6.35. The maximum absolute atomic E-state index is 6.08. The van der Waals surface area contributed by atoms with Crippen molar-refractivity contribution >= 4 is 29.0 Å². The van der Waals surface area contributed by atoms with Crippen LogP contribution >= 0.6 is 23.2 Å². The number of aromatic nitrogens is 1. The van der Waals surface area contributed by atoms with Crippen LogP contribution in [0.5, 0.6) is 0 Å². The molecule has 0 saturated heterocycles. The molecule has 0 fully saturated rings. The maximum Gasteiger partial charge on any atom is 0.147 e. The van der Waals surface area contributed by atoms with Crippen molar-refractivity contribution in [2.75, 3.05) is 18.5 Å². The Morgan fingerprint density at radius 3 is 2.59 bits per heavy atom. The van der Waals surface area contributed by atoms with E-state index in [0.717, 1.165) is 18.8 Å². The highest BCUT2D eigenvalue weighted by Gasteiger charge is 2.12. The molecule has 0 aromatic carbocycles. The fourth-order valence-electron chi connectivity index (χ4n) is 1.47. The fraction of sp³-hybridized carbons (Fsp3) is 0.583. The van der Waals surface area contributed by atoms with Gasteiger partial charge >= 0.3 is 0 Å². The summed E-state index contributed by atoms with van der Waals surface area (Å²) in [5.74, 6) is 1.23. The number of rotatable bonds is 5. The van der Waals surface area contributed by atoms with Gasteiger partial charge in [-0.05, 0) is 18.4 Å². The van der Waals surface area contributed by atoms with Crippen molar-refractivity contribution in [1.82, 2.24) is 4.98 Å². The zero-order chi connectivity index (χ0) is 13.0. The molecule has 5 heteroatoms. The van der Waals surface area contributed by atoms with Crippen LogP contribution in [-0.4, -0.2) is 24.6 Å². The van der Waals surface area contributed by atoms with Crippen molar-refractivity contribution in [1.29, 1.82) is 0 Å². The molecule has 1 rings (SSSR count). The summed E-state index contributed by atoms with van der Waals surface area (Å²) in [6.07, 6.45) is 2.51. The summed E-state index contributed by atoms with van der Waals surface area (Å²) in [7, 11) is 1.95. The Bertz CT molecular complexity index is 369. The molecule has 1 aromatic heterocycles. The third kappa shape index (κ3) is 4.34. The lowest BCUT2D eigenvalue weighted by atomic mass is 10.0. The monoisotopic (exact) mass is 275 g/mol. The predicted molar refractivity (Wildman–Crippen MR) is 75.0 cm³/mol. The molecule has 96 valence electrons. The summed E-state index contributed by atoms with van der Waals surface area (Å²) in [4.78, 5) is 6.22. The number of hydrogen-bond acceptors (Lipinski definition) is 3. The van der Waals surface area contributed by atoms with E-state index in [-0.39, 0.29) is 6.04 Å². The second-order valence-electron chi connectivity index (χ2n) is 4.58. The number of nitrogens with zero attached hydrogens (tertiary/aromatic N) is 2. The molecule has 1 heterocycles. The van der Waals surface area contributed by atoms with E-state index in [1.807, 2.05) is 11.9 Å². The Labute approximate surface area is 113 Å². The first-order valence-corrected chi connectivity index (χ1v) is 6.45. The average molecular weight is 276 g/mol. The molecule has 0 aliphatic heterocycles. The molecular weight excluding hydrogens is 257 g/mol. The SMILES string of the molecule is CC(C)C(N)CCN(C)c1ncc(Cl)cc1Cl. The van der Waals surface area contributed by atoms with Gasteiger partial charge in [-0.3, -0.25) is 0 Å². The maximum atomic E-state index is 6.08. The number of pyridine rings is 1. The molecule has 1 atom stereocenters. The molecule has 1 unspecified atom stereocenters. The third-order valence-electron chi connectivity index (χ3n) is 2.80. The number of nitrogens with two attached hydrogens (primary N) is 1. The topological polar surface area (TPSA) is 42.1 Å². The molecule has 17 heavy (non-hydrogen) atoms. The van der Waals surface area contributed by atoms with Crippen LogP contribution in [0, 0.1) is 5.92 Å². The van der Waals surface area contributed by atoms with Gasteiger partial charge in [-0.2, -0.15) is 0 Å². The van der Waals surface area contributed by atoms with Crippen molar-refractivity contribution in [3.63, 3.8) is 0 Å². The summed E-state index contributed by atoms with van der Waals surface area (Å²) in [6.45, 7) is 5.07. The lowest BCUT2D eigenvalue weighted by Gasteiger charge is -2.23. The Morgan fingerprint density at radius 2 is 2.06 bits per heavy atom. The van der Waals surface area contributed by atoms with Gasteiger partial charge in [0.25, 0.3) is 0 Å². The minimum atomic E-state index is 0.198. The van der Waals surface area contributed by atoms with E-state index < -0.39 is 0 Å². The van der Waals surface area contributed by atoms with Crippen LogP contribution in [0.3, 0.4) is 0 Å². The molecule has 0 aliphatic rings. The van der Waals surface area contributed by atoms with Gasteiger partial charge in [-0.25, -0.2) is 4.98 Å². The minimum Gasteiger partial charge on any atom is -0.358 e. The third-order valence-corrected chi connectivity index (χ3v) is 3.29. The molecule has 0 aliphatic carbocycles. The van der Waals surface area contributed by atoms with Gasteiger partial charge in [-0.15, -0.1) is 0 Å². The van der Waals surface area contributed by atoms with E-state index in [4.69, 9.17) is 28.9 Å². The van der Waals surface area contributed by atoms with Crippen molar-refractivity contribution in [2.24, 2.45) is 11.7 Å². The fourth-order valence-corrected chi connectivity index (χ4v) is 1.99. The second-order valence-corrected chi connectivity index (χ2v) is 5.42. The highest BCUT2D eigenvalue weighted by Crippen LogP contribution is 2.25. The Balaban J connectivity index is 2.61. The highest BCUT2D eigenvalue weighted by atomic mass is 35.5. The van der Waals surface area contributed by atoms with Crippen LogP contribution in [-0.2, 0) is 0 Å². The van der Waals surface area contributed by atoms with E-state index in [1.165, 1.54) is 0 Å². The first kappa shape index (κ1) is 14.6. The lowest BCUT2D eigenvalue weighted by Crippen LogP contribution is -2.32. The molecular formula is C12H19Cl2N3. The Kier molecular flexibility index (Phi) is 5.50. The lowest BCUT2D eigenvalue weighted by molar-refractivity contribution is 0.466. The molecule has 0 radical (unpaired) electrons. The Morgan fingerprint density at radius 1 is 1.41 bits per heavy atom. The van der Waals surface area contributed by atoms with Crippen LogP contribution in [0.4, 0.5) is 5.82 Å². The summed E-state index contributed by atoms with van der Waals surface area (Å²) in [5.41, 5.74) is 6.00. The van der Waals surface area contributed by atoms with Gasteiger partial charge in [-0.1, -0.05) is 37.0 Å². The standard InChI is InChI=1S/C12H19Cl2N3/c1-8(2)11(15)4-5-17(3)12-10(14)6-9(13)7-16-12/h6-8,11H,4-5,15H2,1-3H3. The summed E-state index contributed by atoms with van der Waals surface area (Å²) >= 11 is 11.9. The second kappa shape index (κ2) is 6.43. The molecule has 0 bridgehead atoms. The normalized spacial score (nSPS) is 12.9.